The highest BCUT2D eigenvalue weighted by molar-refractivity contribution is 9.11. The first-order chi connectivity index (χ1) is 18.6. The lowest BCUT2D eigenvalue weighted by Gasteiger charge is -2.12. The van der Waals surface area contributed by atoms with Crippen molar-refractivity contribution >= 4 is 37.4 Å². The third-order valence-electron chi connectivity index (χ3n) is 6.49. The van der Waals surface area contributed by atoms with E-state index in [1.54, 1.807) is 0 Å². The lowest BCUT2D eigenvalue weighted by Crippen LogP contribution is -2.01. The molecule has 0 N–H and O–H groups in total. The van der Waals surface area contributed by atoms with Crippen molar-refractivity contribution in [1.29, 1.82) is 0 Å². The maximum atomic E-state index is 4.99. The summed E-state index contributed by atoms with van der Waals surface area (Å²) < 4.78 is 1.91. The van der Waals surface area contributed by atoms with Crippen molar-refractivity contribution in [2.75, 3.05) is 0 Å². The lowest BCUT2D eigenvalue weighted by atomic mass is 9.96. The van der Waals surface area contributed by atoms with Crippen LogP contribution < -0.4 is 0 Å². The zero-order valence-corrected chi connectivity index (χ0v) is 23.7. The van der Waals surface area contributed by atoms with E-state index in [2.05, 4.69) is 123 Å². The fourth-order valence-electron chi connectivity index (χ4n) is 4.62. The third-order valence-corrected chi connectivity index (χ3v) is 7.41. The molecule has 5 aromatic rings. The van der Waals surface area contributed by atoms with Crippen molar-refractivity contribution in [1.82, 2.24) is 15.0 Å². The van der Waals surface area contributed by atoms with Gasteiger partial charge in [-0.1, -0.05) is 117 Å². The second-order valence-electron chi connectivity index (χ2n) is 9.15. The molecule has 1 heterocycles. The topological polar surface area (TPSA) is 38.7 Å². The van der Waals surface area contributed by atoms with Crippen LogP contribution in [0.5, 0.6) is 0 Å². The van der Waals surface area contributed by atoms with E-state index < -0.39 is 0 Å². The highest BCUT2D eigenvalue weighted by Crippen LogP contribution is 2.32. The first-order valence-electron chi connectivity index (χ1n) is 12.5. The first-order valence-corrected chi connectivity index (χ1v) is 14.1. The number of hydrogen-bond donors (Lipinski definition) is 0. The van der Waals surface area contributed by atoms with Crippen molar-refractivity contribution < 1.29 is 0 Å². The van der Waals surface area contributed by atoms with E-state index in [0.717, 1.165) is 49.6 Å². The van der Waals surface area contributed by atoms with Gasteiger partial charge in [-0.05, 0) is 65.4 Å². The van der Waals surface area contributed by atoms with E-state index >= 15 is 0 Å². The first kappa shape index (κ1) is 24.7. The molecule has 0 aliphatic heterocycles. The number of halogens is 2. The molecule has 0 spiro atoms. The summed E-state index contributed by atoms with van der Waals surface area (Å²) in [5.41, 5.74) is 7.63. The summed E-state index contributed by atoms with van der Waals surface area (Å²) in [6, 6.07) is 33.3. The van der Waals surface area contributed by atoms with Crippen LogP contribution in [-0.2, 0) is 0 Å². The fraction of sp³-hybridized carbons (Fsp3) is 0.0606. The van der Waals surface area contributed by atoms with E-state index in [9.17, 15) is 0 Å². The molecule has 3 nitrogen and oxygen atoms in total. The molecule has 0 amide bonds. The molecular formula is C33H23Br2N3. The van der Waals surface area contributed by atoms with Gasteiger partial charge in [-0.2, -0.15) is 0 Å². The summed E-state index contributed by atoms with van der Waals surface area (Å²) in [6.45, 7) is 0. The molecule has 0 fully saturated rings. The van der Waals surface area contributed by atoms with Gasteiger partial charge in [0.05, 0.1) is 0 Å². The van der Waals surface area contributed by atoms with Crippen molar-refractivity contribution in [2.24, 2.45) is 0 Å². The Bertz CT molecular complexity index is 1670. The predicted octanol–water partition coefficient (Wildman–Crippen LogP) is 9.80. The second kappa shape index (κ2) is 11.0. The number of rotatable bonds is 5. The molecule has 5 heteroatoms. The van der Waals surface area contributed by atoms with Crippen LogP contribution in [0.3, 0.4) is 0 Å². The van der Waals surface area contributed by atoms with Crippen LogP contribution in [0.1, 0.15) is 18.4 Å². The van der Waals surface area contributed by atoms with E-state index in [-0.39, 0.29) is 0 Å². The van der Waals surface area contributed by atoms with Crippen molar-refractivity contribution in [3.63, 3.8) is 0 Å². The highest BCUT2D eigenvalue weighted by atomic mass is 79.9. The zero-order chi connectivity index (χ0) is 25.9. The van der Waals surface area contributed by atoms with Crippen LogP contribution in [0, 0.1) is 0 Å². The zero-order valence-electron chi connectivity index (χ0n) is 20.5. The maximum Gasteiger partial charge on any atom is 0.164 e. The molecule has 0 unspecified atom stereocenters. The monoisotopic (exact) mass is 619 g/mol. The molecule has 0 saturated carbocycles. The number of benzene rings is 4. The van der Waals surface area contributed by atoms with Gasteiger partial charge in [0.25, 0.3) is 0 Å². The van der Waals surface area contributed by atoms with Crippen LogP contribution in [0.4, 0.5) is 0 Å². The Morgan fingerprint density at radius 2 is 1.05 bits per heavy atom. The average Bonchev–Trinajstić information content (AvgIpc) is 2.97. The SMILES string of the molecule is Brc1cc(Br)cc(-c2nc(-c3cccc(C4=CC=CCC4)c3)nc(-c3cccc(-c4ccccc4)c3)n2)c1. The minimum Gasteiger partial charge on any atom is -0.208 e. The van der Waals surface area contributed by atoms with Gasteiger partial charge in [0.2, 0.25) is 0 Å². The summed E-state index contributed by atoms with van der Waals surface area (Å²) in [6.07, 6.45) is 8.63. The van der Waals surface area contributed by atoms with Gasteiger partial charge in [0.15, 0.2) is 17.5 Å². The summed E-state index contributed by atoms with van der Waals surface area (Å²) in [5, 5.41) is 0. The van der Waals surface area contributed by atoms with Gasteiger partial charge in [0.1, 0.15) is 0 Å². The molecule has 4 aromatic carbocycles. The standard InChI is InChI=1S/C33H23Br2N3/c34-29-19-28(20-30(35)21-29)33-37-31(26-15-7-13-24(17-26)22-9-3-1-4-10-22)36-32(38-33)27-16-8-14-25(18-27)23-11-5-2-6-12-23/h1-5,7-11,13-21H,6,12H2. The van der Waals surface area contributed by atoms with Crippen molar-refractivity contribution in [3.8, 4) is 45.3 Å². The van der Waals surface area contributed by atoms with Gasteiger partial charge in [0, 0.05) is 25.6 Å². The maximum absolute atomic E-state index is 4.99. The lowest BCUT2D eigenvalue weighted by molar-refractivity contribution is 1.05. The Morgan fingerprint density at radius 3 is 1.68 bits per heavy atom. The van der Waals surface area contributed by atoms with Crippen LogP contribution in [-0.4, -0.2) is 15.0 Å². The normalized spacial score (nSPS) is 12.8. The Hall–Kier alpha value is -3.67. The Kier molecular flexibility index (Phi) is 7.12. The highest BCUT2D eigenvalue weighted by Gasteiger charge is 2.15. The van der Waals surface area contributed by atoms with Gasteiger partial charge in [-0.25, -0.2) is 15.0 Å². The molecule has 1 aliphatic rings. The quantitative estimate of drug-likeness (QED) is 0.196. The summed E-state index contributed by atoms with van der Waals surface area (Å²) in [5.74, 6) is 1.92. The van der Waals surface area contributed by atoms with E-state index in [4.69, 9.17) is 15.0 Å². The minimum absolute atomic E-state index is 0.627. The summed E-state index contributed by atoms with van der Waals surface area (Å²) >= 11 is 7.23. The van der Waals surface area contributed by atoms with Crippen molar-refractivity contribution in [3.05, 3.63) is 130 Å². The predicted molar refractivity (Wildman–Crippen MR) is 163 cm³/mol. The summed E-state index contributed by atoms with van der Waals surface area (Å²) in [4.78, 5) is 14.9. The molecule has 6 rings (SSSR count). The average molecular weight is 621 g/mol. The Morgan fingerprint density at radius 1 is 0.500 bits per heavy atom. The number of aromatic nitrogens is 3. The molecule has 0 saturated heterocycles. The van der Waals surface area contributed by atoms with Gasteiger partial charge >= 0.3 is 0 Å². The van der Waals surface area contributed by atoms with Crippen molar-refractivity contribution in [2.45, 2.75) is 12.8 Å². The molecule has 0 atom stereocenters. The van der Waals surface area contributed by atoms with E-state index in [1.807, 2.05) is 24.3 Å². The fourth-order valence-corrected chi connectivity index (χ4v) is 5.91. The van der Waals surface area contributed by atoms with Gasteiger partial charge < -0.3 is 0 Å². The smallest absolute Gasteiger partial charge is 0.164 e. The van der Waals surface area contributed by atoms with Crippen LogP contribution >= 0.6 is 31.9 Å². The Balaban J connectivity index is 1.51. The number of nitrogens with zero attached hydrogens (tertiary/aromatic N) is 3. The molecular weight excluding hydrogens is 598 g/mol. The van der Waals surface area contributed by atoms with Gasteiger partial charge in [-0.15, -0.1) is 0 Å². The number of hydrogen-bond acceptors (Lipinski definition) is 3. The number of allylic oxidation sites excluding steroid dienone is 4. The van der Waals surface area contributed by atoms with Crippen LogP contribution in [0.2, 0.25) is 0 Å². The minimum atomic E-state index is 0.627. The molecule has 1 aliphatic carbocycles. The van der Waals surface area contributed by atoms with E-state index in [0.29, 0.717) is 17.5 Å². The molecule has 0 radical (unpaired) electrons. The third kappa shape index (κ3) is 5.45. The van der Waals surface area contributed by atoms with Gasteiger partial charge in [-0.3, -0.25) is 0 Å². The largest absolute Gasteiger partial charge is 0.208 e. The summed E-state index contributed by atoms with van der Waals surface area (Å²) in [7, 11) is 0. The molecule has 184 valence electrons. The second-order valence-corrected chi connectivity index (χ2v) is 11.0. The molecule has 0 bridgehead atoms. The van der Waals surface area contributed by atoms with Crippen LogP contribution in [0.15, 0.2) is 124 Å². The molecule has 38 heavy (non-hydrogen) atoms. The van der Waals surface area contributed by atoms with E-state index in [1.165, 1.54) is 11.1 Å². The molecule has 1 aromatic heterocycles. The Labute approximate surface area is 239 Å². The van der Waals surface area contributed by atoms with Crippen LogP contribution in [0.25, 0.3) is 50.9 Å².